The summed E-state index contributed by atoms with van der Waals surface area (Å²) < 4.78 is 7.79. The van der Waals surface area contributed by atoms with Gasteiger partial charge in [-0.25, -0.2) is 15.0 Å². The van der Waals surface area contributed by atoms with Crippen molar-refractivity contribution in [3.05, 3.63) is 35.3 Å². The summed E-state index contributed by atoms with van der Waals surface area (Å²) in [5.74, 6) is 0.666. The van der Waals surface area contributed by atoms with Gasteiger partial charge in [0.05, 0.1) is 23.7 Å². The van der Waals surface area contributed by atoms with E-state index in [0.29, 0.717) is 18.5 Å². The highest BCUT2D eigenvalue weighted by molar-refractivity contribution is 5.80. The van der Waals surface area contributed by atoms with E-state index in [0.717, 1.165) is 52.2 Å². The minimum atomic E-state index is 0.407. The topological polar surface area (TPSA) is 52.8 Å². The van der Waals surface area contributed by atoms with Crippen molar-refractivity contribution in [3.8, 4) is 17.1 Å². The van der Waals surface area contributed by atoms with Gasteiger partial charge in [-0.3, -0.25) is 0 Å². The molecule has 0 saturated heterocycles. The molecular formula is C21H28N4O. The van der Waals surface area contributed by atoms with Gasteiger partial charge in [0.1, 0.15) is 5.52 Å². The van der Waals surface area contributed by atoms with Gasteiger partial charge in [0.15, 0.2) is 5.65 Å². The summed E-state index contributed by atoms with van der Waals surface area (Å²) >= 11 is 0. The van der Waals surface area contributed by atoms with Crippen LogP contribution >= 0.6 is 0 Å². The second kappa shape index (κ2) is 7.44. The molecule has 3 aromatic heterocycles. The summed E-state index contributed by atoms with van der Waals surface area (Å²) in [6.45, 7) is 13.2. The summed E-state index contributed by atoms with van der Waals surface area (Å²) in [5, 5.41) is 0. The first-order valence-electron chi connectivity index (χ1n) is 9.48. The van der Waals surface area contributed by atoms with Gasteiger partial charge >= 0.3 is 0 Å². The Bertz CT molecular complexity index is 929. The second-order valence-electron chi connectivity index (χ2n) is 6.74. The summed E-state index contributed by atoms with van der Waals surface area (Å²) in [6.07, 6.45) is 4.05. The first kappa shape index (κ1) is 18.4. The maximum Gasteiger partial charge on any atom is 0.213 e. The highest BCUT2D eigenvalue weighted by atomic mass is 16.5. The van der Waals surface area contributed by atoms with Gasteiger partial charge in [-0.15, -0.1) is 0 Å². The van der Waals surface area contributed by atoms with Crippen LogP contribution in [0.25, 0.3) is 22.4 Å². The Morgan fingerprint density at radius 2 is 1.85 bits per heavy atom. The van der Waals surface area contributed by atoms with Crippen LogP contribution in [0.15, 0.2) is 18.3 Å². The van der Waals surface area contributed by atoms with Crippen LogP contribution in [0.5, 0.6) is 5.88 Å². The van der Waals surface area contributed by atoms with Crippen LogP contribution in [-0.2, 0) is 6.42 Å². The molecule has 5 heteroatoms. The fourth-order valence-corrected chi connectivity index (χ4v) is 3.27. The van der Waals surface area contributed by atoms with E-state index in [1.807, 2.05) is 19.9 Å². The van der Waals surface area contributed by atoms with Crippen LogP contribution < -0.4 is 4.74 Å². The predicted molar refractivity (Wildman–Crippen MR) is 106 cm³/mol. The van der Waals surface area contributed by atoms with Crippen LogP contribution in [0.1, 0.15) is 57.1 Å². The third kappa shape index (κ3) is 3.18. The maximum atomic E-state index is 5.55. The molecule has 1 atom stereocenters. The Labute approximate surface area is 155 Å². The molecule has 3 aromatic rings. The van der Waals surface area contributed by atoms with E-state index in [-0.39, 0.29) is 0 Å². The average molecular weight is 352 g/mol. The molecule has 0 amide bonds. The smallest absolute Gasteiger partial charge is 0.213 e. The Balaban J connectivity index is 2.17. The normalized spacial score (nSPS) is 12.5. The zero-order chi connectivity index (χ0) is 18.8. The van der Waals surface area contributed by atoms with Crippen molar-refractivity contribution in [3.63, 3.8) is 0 Å². The molecule has 3 rings (SSSR count). The average Bonchev–Trinajstić information content (AvgIpc) is 2.96. The van der Waals surface area contributed by atoms with Crippen molar-refractivity contribution >= 4 is 11.2 Å². The molecule has 0 fully saturated rings. The van der Waals surface area contributed by atoms with Gasteiger partial charge in [0, 0.05) is 23.9 Å². The molecular weight excluding hydrogens is 324 g/mol. The lowest BCUT2D eigenvalue weighted by Crippen LogP contribution is -2.05. The second-order valence-corrected chi connectivity index (χ2v) is 6.74. The van der Waals surface area contributed by atoms with E-state index < -0.39 is 0 Å². The molecule has 0 bridgehead atoms. The molecule has 0 N–H and O–H groups in total. The summed E-state index contributed by atoms with van der Waals surface area (Å²) in [6, 6.07) is 4.38. The maximum absolute atomic E-state index is 5.55. The van der Waals surface area contributed by atoms with E-state index in [1.54, 1.807) is 0 Å². The molecule has 138 valence electrons. The van der Waals surface area contributed by atoms with Crippen molar-refractivity contribution in [2.45, 2.75) is 60.4 Å². The SMILES string of the molecule is CCOc1ccc(-c2nc3c(C)cn(C(C)CC)c3nc2C)c(CC)n1. The number of aromatic nitrogens is 4. The van der Waals surface area contributed by atoms with E-state index >= 15 is 0 Å². The number of aryl methyl sites for hydroxylation is 3. The van der Waals surface area contributed by atoms with E-state index in [1.165, 1.54) is 0 Å². The molecule has 1 unspecified atom stereocenters. The lowest BCUT2D eigenvalue weighted by molar-refractivity contribution is 0.326. The molecule has 0 aliphatic carbocycles. The Hall–Kier alpha value is -2.43. The minimum absolute atomic E-state index is 0.407. The highest BCUT2D eigenvalue weighted by Gasteiger charge is 2.18. The number of hydrogen-bond donors (Lipinski definition) is 0. The van der Waals surface area contributed by atoms with Crippen molar-refractivity contribution in [1.82, 2.24) is 19.5 Å². The quantitative estimate of drug-likeness (QED) is 0.623. The largest absolute Gasteiger partial charge is 0.478 e. The van der Waals surface area contributed by atoms with Crippen molar-refractivity contribution in [2.24, 2.45) is 0 Å². The summed E-state index contributed by atoms with van der Waals surface area (Å²) in [5.41, 5.74) is 6.98. The number of rotatable bonds is 6. The van der Waals surface area contributed by atoms with Gasteiger partial charge in [-0.2, -0.15) is 0 Å². The molecule has 0 aliphatic rings. The van der Waals surface area contributed by atoms with Crippen molar-refractivity contribution in [1.29, 1.82) is 0 Å². The van der Waals surface area contributed by atoms with Crippen LogP contribution in [0, 0.1) is 13.8 Å². The lowest BCUT2D eigenvalue weighted by Gasteiger charge is -2.14. The number of ether oxygens (including phenoxy) is 1. The first-order valence-corrected chi connectivity index (χ1v) is 9.48. The van der Waals surface area contributed by atoms with Crippen LogP contribution in [0.3, 0.4) is 0 Å². The van der Waals surface area contributed by atoms with E-state index in [4.69, 9.17) is 14.7 Å². The number of nitrogens with zero attached hydrogens (tertiary/aromatic N) is 4. The number of hydrogen-bond acceptors (Lipinski definition) is 4. The molecule has 0 saturated carbocycles. The monoisotopic (exact) mass is 352 g/mol. The number of pyridine rings is 1. The van der Waals surface area contributed by atoms with Crippen molar-refractivity contribution in [2.75, 3.05) is 6.61 Å². The fourth-order valence-electron chi connectivity index (χ4n) is 3.27. The Kier molecular flexibility index (Phi) is 5.25. The molecule has 0 aromatic carbocycles. The molecule has 5 nitrogen and oxygen atoms in total. The standard InChI is InChI=1S/C21H28N4O/c1-7-14(5)25-12-13(4)19-21(25)22-15(6)20(24-19)16-10-11-18(26-9-3)23-17(16)8-2/h10-12,14H,7-9H2,1-6H3. The lowest BCUT2D eigenvalue weighted by atomic mass is 10.1. The molecule has 0 radical (unpaired) electrons. The third-order valence-electron chi connectivity index (χ3n) is 4.90. The highest BCUT2D eigenvalue weighted by Crippen LogP contribution is 2.30. The van der Waals surface area contributed by atoms with Gasteiger partial charge in [-0.05, 0) is 52.2 Å². The van der Waals surface area contributed by atoms with Crippen LogP contribution in [0.4, 0.5) is 0 Å². The van der Waals surface area contributed by atoms with Crippen molar-refractivity contribution < 1.29 is 4.74 Å². The predicted octanol–water partition coefficient (Wildman–Crippen LogP) is 5.04. The molecule has 0 spiro atoms. The van der Waals surface area contributed by atoms with Gasteiger partial charge in [-0.1, -0.05) is 13.8 Å². The van der Waals surface area contributed by atoms with Gasteiger partial charge in [0.25, 0.3) is 0 Å². The third-order valence-corrected chi connectivity index (χ3v) is 4.90. The van der Waals surface area contributed by atoms with Crippen LogP contribution in [0.2, 0.25) is 0 Å². The molecule has 3 heterocycles. The van der Waals surface area contributed by atoms with Gasteiger partial charge in [0.2, 0.25) is 5.88 Å². The summed E-state index contributed by atoms with van der Waals surface area (Å²) in [7, 11) is 0. The Morgan fingerprint density at radius 1 is 1.08 bits per heavy atom. The minimum Gasteiger partial charge on any atom is -0.478 e. The molecule has 0 aliphatic heterocycles. The van der Waals surface area contributed by atoms with Crippen LogP contribution in [-0.4, -0.2) is 26.1 Å². The van der Waals surface area contributed by atoms with Gasteiger partial charge < -0.3 is 9.30 Å². The Morgan fingerprint density at radius 3 is 2.50 bits per heavy atom. The first-order chi connectivity index (χ1) is 12.5. The fraction of sp³-hybridized carbons (Fsp3) is 0.476. The van der Waals surface area contributed by atoms with E-state index in [9.17, 15) is 0 Å². The zero-order valence-electron chi connectivity index (χ0n) is 16.6. The molecule has 26 heavy (non-hydrogen) atoms. The zero-order valence-corrected chi connectivity index (χ0v) is 16.6. The number of fused-ring (bicyclic) bond motifs is 1. The summed E-state index contributed by atoms with van der Waals surface area (Å²) in [4.78, 5) is 14.6. The van der Waals surface area contributed by atoms with E-state index in [2.05, 4.69) is 49.5 Å².